The molecule has 0 saturated carbocycles. The molecule has 0 aliphatic carbocycles. The van der Waals surface area contributed by atoms with Crippen LogP contribution in [0.3, 0.4) is 0 Å². The van der Waals surface area contributed by atoms with Crippen LogP contribution in [-0.4, -0.2) is 9.97 Å². The van der Waals surface area contributed by atoms with Crippen molar-refractivity contribution in [1.29, 1.82) is 0 Å². The quantitative estimate of drug-likeness (QED) is 0.808. The molecule has 2 heterocycles. The molecule has 0 atom stereocenters. The molecule has 2 N–H and O–H groups in total. The summed E-state index contributed by atoms with van der Waals surface area (Å²) < 4.78 is 12.9. The highest BCUT2D eigenvalue weighted by Gasteiger charge is 2.05. The van der Waals surface area contributed by atoms with E-state index in [1.54, 1.807) is 0 Å². The zero-order chi connectivity index (χ0) is 10.8. The number of nitrogen functional groups attached to an aromatic ring is 1. The summed E-state index contributed by atoms with van der Waals surface area (Å²) >= 11 is 5.95. The lowest BCUT2D eigenvalue weighted by molar-refractivity contribution is 0.622. The minimum absolute atomic E-state index is 0.327. The van der Waals surface area contributed by atoms with Crippen LogP contribution in [0.1, 0.15) is 0 Å². The fraction of sp³-hybridized carbons (Fsp3) is 0. The largest absolute Gasteiger partial charge is 0.384 e. The van der Waals surface area contributed by atoms with Crippen molar-refractivity contribution in [3.05, 3.63) is 41.6 Å². The van der Waals surface area contributed by atoms with Gasteiger partial charge in [0.15, 0.2) is 0 Å². The molecule has 3 nitrogen and oxygen atoms in total. The van der Waals surface area contributed by atoms with Gasteiger partial charge in [-0.15, -0.1) is 0 Å². The number of nitrogens with zero attached hydrogens (tertiary/aromatic N) is 2. The molecule has 2 aromatic rings. The highest BCUT2D eigenvalue weighted by molar-refractivity contribution is 6.33. The Bertz CT molecular complexity index is 502. The van der Waals surface area contributed by atoms with E-state index in [9.17, 15) is 4.39 Å². The predicted octanol–water partition coefficient (Wildman–Crippen LogP) is 2.52. The molecule has 0 aliphatic heterocycles. The number of hydrogen-bond acceptors (Lipinski definition) is 3. The fourth-order valence-corrected chi connectivity index (χ4v) is 1.49. The zero-order valence-electron chi connectivity index (χ0n) is 7.61. The van der Waals surface area contributed by atoms with Crippen molar-refractivity contribution < 1.29 is 4.39 Å². The van der Waals surface area contributed by atoms with Gasteiger partial charge in [0.05, 0.1) is 11.2 Å². The van der Waals surface area contributed by atoms with Gasteiger partial charge in [-0.25, -0.2) is 9.37 Å². The van der Waals surface area contributed by atoms with Crippen LogP contribution in [0.2, 0.25) is 5.02 Å². The molecular weight excluding hydrogens is 217 g/mol. The van der Waals surface area contributed by atoms with Gasteiger partial charge >= 0.3 is 0 Å². The van der Waals surface area contributed by atoms with Crippen LogP contribution < -0.4 is 5.73 Å². The molecule has 0 saturated heterocycles. The SMILES string of the molecule is Nc1cc(Cl)c(-c2cncc(F)c2)cn1. The molecule has 0 aliphatic rings. The van der Waals surface area contributed by atoms with E-state index < -0.39 is 5.82 Å². The number of rotatable bonds is 1. The average Bonchev–Trinajstić information content (AvgIpc) is 2.17. The fourth-order valence-electron chi connectivity index (χ4n) is 1.22. The molecule has 5 heteroatoms. The summed E-state index contributed by atoms with van der Waals surface area (Å²) in [5.41, 5.74) is 6.64. The van der Waals surface area contributed by atoms with Crippen molar-refractivity contribution in [3.8, 4) is 11.1 Å². The maximum atomic E-state index is 12.9. The number of anilines is 1. The third kappa shape index (κ3) is 2.05. The number of aromatic nitrogens is 2. The van der Waals surface area contributed by atoms with Crippen molar-refractivity contribution in [2.75, 3.05) is 5.73 Å². The Morgan fingerprint density at radius 1 is 1.20 bits per heavy atom. The first-order valence-corrected chi connectivity index (χ1v) is 4.56. The van der Waals surface area contributed by atoms with E-state index >= 15 is 0 Å². The van der Waals surface area contributed by atoms with Gasteiger partial charge in [-0.05, 0) is 12.1 Å². The van der Waals surface area contributed by atoms with Gasteiger partial charge in [0.25, 0.3) is 0 Å². The molecule has 15 heavy (non-hydrogen) atoms. The Hall–Kier alpha value is -1.68. The molecule has 0 amide bonds. The second-order valence-corrected chi connectivity index (χ2v) is 3.39. The van der Waals surface area contributed by atoms with Gasteiger partial charge in [-0.1, -0.05) is 11.6 Å². The maximum Gasteiger partial charge on any atom is 0.142 e. The van der Waals surface area contributed by atoms with Gasteiger partial charge in [0.1, 0.15) is 11.6 Å². The monoisotopic (exact) mass is 223 g/mol. The lowest BCUT2D eigenvalue weighted by atomic mass is 10.1. The Balaban J connectivity index is 2.54. The second-order valence-electron chi connectivity index (χ2n) is 2.98. The number of hydrogen-bond donors (Lipinski definition) is 1. The van der Waals surface area contributed by atoms with Crippen molar-refractivity contribution in [2.24, 2.45) is 0 Å². The molecule has 0 fully saturated rings. The van der Waals surface area contributed by atoms with Crippen LogP contribution in [0.15, 0.2) is 30.7 Å². The molecule has 2 rings (SSSR count). The van der Waals surface area contributed by atoms with E-state index in [0.717, 1.165) is 6.20 Å². The first kappa shape index (κ1) is 9.86. The van der Waals surface area contributed by atoms with Crippen LogP contribution in [0.5, 0.6) is 0 Å². The Morgan fingerprint density at radius 3 is 2.67 bits per heavy atom. The summed E-state index contributed by atoms with van der Waals surface area (Å²) in [7, 11) is 0. The van der Waals surface area contributed by atoms with Gasteiger partial charge in [0, 0.05) is 23.5 Å². The van der Waals surface area contributed by atoms with E-state index in [4.69, 9.17) is 17.3 Å². The zero-order valence-corrected chi connectivity index (χ0v) is 8.37. The van der Waals surface area contributed by atoms with Crippen LogP contribution in [0.25, 0.3) is 11.1 Å². The predicted molar refractivity (Wildman–Crippen MR) is 56.8 cm³/mol. The summed E-state index contributed by atoms with van der Waals surface area (Å²) in [6.07, 6.45) is 4.14. The van der Waals surface area contributed by atoms with Crippen molar-refractivity contribution in [1.82, 2.24) is 9.97 Å². The minimum atomic E-state index is -0.416. The summed E-state index contributed by atoms with van der Waals surface area (Å²) in [4.78, 5) is 7.62. The molecule has 0 radical (unpaired) electrons. The second kappa shape index (κ2) is 3.82. The first-order valence-electron chi connectivity index (χ1n) is 4.19. The molecule has 2 aromatic heterocycles. The Kier molecular flexibility index (Phi) is 2.51. The van der Waals surface area contributed by atoms with Crippen LogP contribution >= 0.6 is 11.6 Å². The van der Waals surface area contributed by atoms with E-state index in [1.807, 2.05) is 0 Å². The maximum absolute atomic E-state index is 12.9. The molecule has 76 valence electrons. The van der Waals surface area contributed by atoms with Crippen molar-refractivity contribution >= 4 is 17.4 Å². The molecule has 0 spiro atoms. The standard InChI is InChI=1S/C10H7ClFN3/c11-9-2-10(13)15-5-8(9)6-1-7(12)4-14-3-6/h1-5H,(H2,13,15). The number of halogens is 2. The lowest BCUT2D eigenvalue weighted by Gasteiger charge is -2.03. The van der Waals surface area contributed by atoms with E-state index in [-0.39, 0.29) is 0 Å². The summed E-state index contributed by atoms with van der Waals surface area (Å²) in [6, 6.07) is 2.86. The van der Waals surface area contributed by atoms with E-state index in [1.165, 1.54) is 24.5 Å². The third-order valence-corrected chi connectivity index (χ3v) is 2.20. The smallest absolute Gasteiger partial charge is 0.142 e. The highest BCUT2D eigenvalue weighted by atomic mass is 35.5. The van der Waals surface area contributed by atoms with Gasteiger partial charge < -0.3 is 5.73 Å². The Labute approximate surface area is 90.7 Å². The average molecular weight is 224 g/mol. The van der Waals surface area contributed by atoms with Crippen molar-refractivity contribution in [3.63, 3.8) is 0 Å². The van der Waals surface area contributed by atoms with Gasteiger partial charge in [-0.2, -0.15) is 0 Å². The van der Waals surface area contributed by atoms with Crippen molar-refractivity contribution in [2.45, 2.75) is 0 Å². The number of nitrogens with two attached hydrogens (primary N) is 1. The molecule has 0 bridgehead atoms. The summed E-state index contributed by atoms with van der Waals surface area (Å²) in [6.45, 7) is 0. The summed E-state index contributed by atoms with van der Waals surface area (Å²) in [5, 5.41) is 0.426. The third-order valence-electron chi connectivity index (χ3n) is 1.89. The normalized spacial score (nSPS) is 10.3. The number of pyridine rings is 2. The minimum Gasteiger partial charge on any atom is -0.384 e. The summed E-state index contributed by atoms with van der Waals surface area (Å²) in [5.74, 6) is -0.0893. The topological polar surface area (TPSA) is 51.8 Å². The lowest BCUT2D eigenvalue weighted by Crippen LogP contribution is -1.91. The molecular formula is C10H7ClFN3. The van der Waals surface area contributed by atoms with Gasteiger partial charge in [0.2, 0.25) is 0 Å². The van der Waals surface area contributed by atoms with Gasteiger partial charge in [-0.3, -0.25) is 4.98 Å². The molecule has 0 aromatic carbocycles. The first-order chi connectivity index (χ1) is 7.16. The van der Waals surface area contributed by atoms with Crippen LogP contribution in [-0.2, 0) is 0 Å². The highest BCUT2D eigenvalue weighted by Crippen LogP contribution is 2.27. The molecule has 0 unspecified atom stereocenters. The van der Waals surface area contributed by atoms with Crippen LogP contribution in [0, 0.1) is 5.82 Å². The van der Waals surface area contributed by atoms with E-state index in [0.29, 0.717) is 22.0 Å². The van der Waals surface area contributed by atoms with Crippen LogP contribution in [0.4, 0.5) is 10.2 Å². The van der Waals surface area contributed by atoms with E-state index in [2.05, 4.69) is 9.97 Å². The Morgan fingerprint density at radius 2 is 2.00 bits per heavy atom.